The van der Waals surface area contributed by atoms with Crippen molar-refractivity contribution in [2.24, 2.45) is 0 Å². The van der Waals surface area contributed by atoms with Crippen LogP contribution in [0, 0.1) is 0 Å². The lowest BCUT2D eigenvalue weighted by molar-refractivity contribution is -0.120. The molecule has 0 saturated heterocycles. The van der Waals surface area contributed by atoms with Crippen molar-refractivity contribution in [2.75, 3.05) is 21.3 Å². The van der Waals surface area contributed by atoms with Crippen LogP contribution in [0.15, 0.2) is 42.5 Å². The maximum Gasteiger partial charge on any atom is 0.228 e. The summed E-state index contributed by atoms with van der Waals surface area (Å²) in [6.45, 7) is 1.91. The number of ketones is 1. The number of rotatable bonds is 9. The molecule has 2 aromatic carbocycles. The van der Waals surface area contributed by atoms with E-state index in [-0.39, 0.29) is 24.2 Å². The third-order valence-electron chi connectivity index (χ3n) is 4.10. The van der Waals surface area contributed by atoms with Crippen LogP contribution in [0.3, 0.4) is 0 Å². The molecule has 1 N–H and O–H groups in total. The van der Waals surface area contributed by atoms with Crippen LogP contribution in [0.2, 0.25) is 0 Å². The number of methoxy groups -OCH3 is 3. The van der Waals surface area contributed by atoms with E-state index in [9.17, 15) is 9.59 Å². The number of benzene rings is 2. The first kappa shape index (κ1) is 20.3. The molecule has 0 bridgehead atoms. The van der Waals surface area contributed by atoms with Crippen molar-refractivity contribution in [2.45, 2.75) is 25.8 Å². The number of amides is 1. The number of hydrogen-bond acceptors (Lipinski definition) is 5. The van der Waals surface area contributed by atoms with Gasteiger partial charge in [0, 0.05) is 11.6 Å². The lowest BCUT2D eigenvalue weighted by atomic mass is 10.0. The van der Waals surface area contributed by atoms with Crippen LogP contribution in [0.4, 0.5) is 0 Å². The summed E-state index contributed by atoms with van der Waals surface area (Å²) in [5.41, 5.74) is 1.46. The predicted molar refractivity (Wildman–Crippen MR) is 103 cm³/mol. The molecule has 0 heterocycles. The van der Waals surface area contributed by atoms with Gasteiger partial charge in [0.05, 0.1) is 27.8 Å². The summed E-state index contributed by atoms with van der Waals surface area (Å²) in [5.74, 6) is 0.504. The summed E-state index contributed by atoms with van der Waals surface area (Å²) in [4.78, 5) is 24.8. The highest BCUT2D eigenvalue weighted by Gasteiger charge is 2.19. The van der Waals surface area contributed by atoms with Gasteiger partial charge in [-0.1, -0.05) is 30.3 Å². The van der Waals surface area contributed by atoms with Gasteiger partial charge in [-0.15, -0.1) is 0 Å². The lowest BCUT2D eigenvalue weighted by Gasteiger charge is -2.15. The van der Waals surface area contributed by atoms with Crippen LogP contribution >= 0.6 is 0 Å². The Bertz CT molecular complexity index is 763. The van der Waals surface area contributed by atoms with E-state index in [1.807, 2.05) is 37.3 Å². The number of carbonyl (C=O) groups excluding carboxylic acids is 2. The molecule has 1 unspecified atom stereocenters. The molecule has 6 nitrogen and oxygen atoms in total. The quantitative estimate of drug-likeness (QED) is 0.542. The maximum atomic E-state index is 12.5. The van der Waals surface area contributed by atoms with E-state index >= 15 is 0 Å². The smallest absolute Gasteiger partial charge is 0.228 e. The van der Waals surface area contributed by atoms with Crippen LogP contribution in [-0.2, 0) is 11.2 Å². The second kappa shape index (κ2) is 9.62. The minimum absolute atomic E-state index is 0.0763. The molecule has 0 spiro atoms. The first-order chi connectivity index (χ1) is 13.0. The third kappa shape index (κ3) is 5.48. The van der Waals surface area contributed by atoms with Crippen molar-refractivity contribution < 1.29 is 23.8 Å². The van der Waals surface area contributed by atoms with E-state index in [2.05, 4.69) is 5.32 Å². The first-order valence-corrected chi connectivity index (χ1v) is 8.65. The Labute approximate surface area is 159 Å². The zero-order chi connectivity index (χ0) is 19.8. The molecule has 0 radical (unpaired) electrons. The molecular weight excluding hydrogens is 346 g/mol. The van der Waals surface area contributed by atoms with Crippen LogP contribution < -0.4 is 19.5 Å². The van der Waals surface area contributed by atoms with Gasteiger partial charge < -0.3 is 19.5 Å². The van der Waals surface area contributed by atoms with Crippen molar-refractivity contribution >= 4 is 11.7 Å². The third-order valence-corrected chi connectivity index (χ3v) is 4.10. The topological polar surface area (TPSA) is 73.9 Å². The summed E-state index contributed by atoms with van der Waals surface area (Å²) in [6.07, 6.45) is 0.447. The highest BCUT2D eigenvalue weighted by Crippen LogP contribution is 2.38. The predicted octanol–water partition coefficient (Wildman–Crippen LogP) is 3.03. The molecule has 2 rings (SSSR count). The van der Waals surface area contributed by atoms with E-state index < -0.39 is 0 Å². The SMILES string of the molecule is COc1cc(C(=O)CC(=O)NC(C)Cc2ccccc2)cc(OC)c1OC. The maximum absolute atomic E-state index is 12.5. The van der Waals surface area contributed by atoms with E-state index in [1.54, 1.807) is 12.1 Å². The largest absolute Gasteiger partial charge is 0.493 e. The molecule has 0 aliphatic carbocycles. The van der Waals surface area contributed by atoms with Gasteiger partial charge in [0.2, 0.25) is 11.7 Å². The highest BCUT2D eigenvalue weighted by atomic mass is 16.5. The fourth-order valence-corrected chi connectivity index (χ4v) is 2.83. The average molecular weight is 371 g/mol. The molecule has 2 aromatic rings. The van der Waals surface area contributed by atoms with Gasteiger partial charge in [0.25, 0.3) is 0 Å². The summed E-state index contributed by atoms with van der Waals surface area (Å²) >= 11 is 0. The van der Waals surface area contributed by atoms with E-state index in [1.165, 1.54) is 21.3 Å². The summed E-state index contributed by atoms with van der Waals surface area (Å²) in [6, 6.07) is 12.9. The molecule has 6 heteroatoms. The fourth-order valence-electron chi connectivity index (χ4n) is 2.83. The Balaban J connectivity index is 2.02. The highest BCUT2D eigenvalue weighted by molar-refractivity contribution is 6.08. The Hall–Kier alpha value is -3.02. The fraction of sp³-hybridized carbons (Fsp3) is 0.333. The minimum Gasteiger partial charge on any atom is -0.493 e. The average Bonchev–Trinajstić information content (AvgIpc) is 2.67. The number of hydrogen-bond donors (Lipinski definition) is 1. The van der Waals surface area contributed by atoms with Crippen molar-refractivity contribution in [3.63, 3.8) is 0 Å². The number of nitrogens with one attached hydrogen (secondary N) is 1. The molecule has 0 aliphatic heterocycles. The lowest BCUT2D eigenvalue weighted by Crippen LogP contribution is -2.35. The van der Waals surface area contributed by atoms with Crippen molar-refractivity contribution in [3.05, 3.63) is 53.6 Å². The monoisotopic (exact) mass is 371 g/mol. The molecule has 144 valence electrons. The normalized spacial score (nSPS) is 11.4. The Morgan fingerprint density at radius 3 is 2.07 bits per heavy atom. The summed E-state index contributed by atoms with van der Waals surface area (Å²) < 4.78 is 15.7. The molecule has 27 heavy (non-hydrogen) atoms. The van der Waals surface area contributed by atoms with Gasteiger partial charge in [0.1, 0.15) is 0 Å². The Morgan fingerprint density at radius 1 is 0.963 bits per heavy atom. The van der Waals surface area contributed by atoms with Gasteiger partial charge in [-0.3, -0.25) is 9.59 Å². The summed E-state index contributed by atoms with van der Waals surface area (Å²) in [5, 5.41) is 2.86. The first-order valence-electron chi connectivity index (χ1n) is 8.65. The van der Waals surface area contributed by atoms with Gasteiger partial charge in [-0.05, 0) is 31.0 Å². The van der Waals surface area contributed by atoms with E-state index in [4.69, 9.17) is 14.2 Å². The van der Waals surface area contributed by atoms with Gasteiger partial charge >= 0.3 is 0 Å². The number of carbonyl (C=O) groups is 2. The molecule has 0 aliphatic rings. The van der Waals surface area contributed by atoms with Crippen molar-refractivity contribution in [1.29, 1.82) is 0 Å². The number of ether oxygens (including phenoxy) is 3. The van der Waals surface area contributed by atoms with Crippen LogP contribution in [0.1, 0.15) is 29.3 Å². The van der Waals surface area contributed by atoms with Crippen molar-refractivity contribution in [3.8, 4) is 17.2 Å². The van der Waals surface area contributed by atoms with E-state index in [0.717, 1.165) is 5.56 Å². The molecule has 0 saturated carbocycles. The summed E-state index contributed by atoms with van der Waals surface area (Å²) in [7, 11) is 4.44. The minimum atomic E-state index is -0.322. The van der Waals surface area contributed by atoms with Crippen LogP contribution in [-0.4, -0.2) is 39.1 Å². The molecular formula is C21H25NO5. The van der Waals surface area contributed by atoms with Gasteiger partial charge in [-0.2, -0.15) is 0 Å². The molecule has 1 amide bonds. The zero-order valence-electron chi connectivity index (χ0n) is 16.1. The molecule has 1 atom stereocenters. The second-order valence-electron chi connectivity index (χ2n) is 6.17. The van der Waals surface area contributed by atoms with Crippen LogP contribution in [0.25, 0.3) is 0 Å². The molecule has 0 fully saturated rings. The van der Waals surface area contributed by atoms with E-state index in [0.29, 0.717) is 29.2 Å². The Kier molecular flexibility index (Phi) is 7.23. The molecule has 0 aromatic heterocycles. The van der Waals surface area contributed by atoms with Crippen molar-refractivity contribution in [1.82, 2.24) is 5.32 Å². The van der Waals surface area contributed by atoms with Gasteiger partial charge in [0.15, 0.2) is 17.3 Å². The van der Waals surface area contributed by atoms with Gasteiger partial charge in [-0.25, -0.2) is 0 Å². The second-order valence-corrected chi connectivity index (χ2v) is 6.17. The standard InChI is InChI=1S/C21H25NO5/c1-14(10-15-8-6-5-7-9-15)22-20(24)13-17(23)16-11-18(25-2)21(27-4)19(12-16)26-3/h5-9,11-12,14H,10,13H2,1-4H3,(H,22,24). The Morgan fingerprint density at radius 2 is 1.56 bits per heavy atom. The van der Waals surface area contributed by atoms with Crippen LogP contribution in [0.5, 0.6) is 17.2 Å². The number of Topliss-reactive ketones (excluding diaryl/α,β-unsaturated/α-hetero) is 1. The zero-order valence-corrected chi connectivity index (χ0v) is 16.1.